The number of esters is 1. The van der Waals surface area contributed by atoms with Gasteiger partial charge in [0.1, 0.15) is 24.6 Å². The topological polar surface area (TPSA) is 113 Å². The van der Waals surface area contributed by atoms with E-state index >= 15 is 0 Å². The lowest BCUT2D eigenvalue weighted by Gasteiger charge is -2.29. The molecule has 0 saturated carbocycles. The molecule has 3 heterocycles. The number of aliphatic imine (C=N–C) groups is 1. The van der Waals surface area contributed by atoms with Gasteiger partial charge in [-0.2, -0.15) is 0 Å². The molecule has 1 aromatic heterocycles. The summed E-state index contributed by atoms with van der Waals surface area (Å²) in [6, 6.07) is 2.94. The fraction of sp³-hybridized carbons (Fsp3) is 0.417. The molecule has 13 heteroatoms. The summed E-state index contributed by atoms with van der Waals surface area (Å²) < 4.78 is 39.0. The molecule has 1 aromatic carbocycles. The number of aliphatic carboxylic acids is 1. The number of alkyl halides is 1. The van der Waals surface area contributed by atoms with Crippen LogP contribution >= 0.6 is 22.9 Å². The molecule has 0 bridgehead atoms. The molecule has 37 heavy (non-hydrogen) atoms. The van der Waals surface area contributed by atoms with Crippen LogP contribution in [0.25, 0.3) is 0 Å². The smallest absolute Gasteiger partial charge is 0.338 e. The number of carboxylic acids is 1. The Balaban J connectivity index is 1.68. The van der Waals surface area contributed by atoms with Crippen molar-refractivity contribution >= 4 is 40.7 Å². The number of hydrogen-bond donors (Lipinski definition) is 2. The van der Waals surface area contributed by atoms with Crippen LogP contribution in [0.4, 0.5) is 8.78 Å². The Bertz CT molecular complexity index is 1210. The number of ether oxygens (including phenoxy) is 2. The number of amidine groups is 1. The normalized spacial score (nSPS) is 22.1. The van der Waals surface area contributed by atoms with Crippen LogP contribution in [0.1, 0.15) is 23.5 Å². The highest BCUT2D eigenvalue weighted by Gasteiger charge is 2.38. The summed E-state index contributed by atoms with van der Waals surface area (Å²) in [5.74, 6) is -2.42. The lowest BCUT2D eigenvalue weighted by atomic mass is 9.95. The number of aromatic nitrogens is 1. The van der Waals surface area contributed by atoms with Crippen molar-refractivity contribution in [2.45, 2.75) is 19.1 Å². The van der Waals surface area contributed by atoms with Crippen LogP contribution in [0.5, 0.6) is 0 Å². The Morgan fingerprint density at radius 3 is 2.84 bits per heavy atom. The van der Waals surface area contributed by atoms with Crippen molar-refractivity contribution in [1.29, 1.82) is 0 Å². The molecule has 1 fully saturated rings. The van der Waals surface area contributed by atoms with Crippen molar-refractivity contribution in [3.8, 4) is 0 Å². The predicted octanol–water partition coefficient (Wildman–Crippen LogP) is 3.22. The van der Waals surface area contributed by atoms with E-state index in [-0.39, 0.29) is 43.4 Å². The van der Waals surface area contributed by atoms with Gasteiger partial charge in [0.2, 0.25) is 0 Å². The number of carboxylic acid groups (broad SMARTS) is 1. The van der Waals surface area contributed by atoms with E-state index in [4.69, 9.17) is 31.2 Å². The zero-order valence-corrected chi connectivity index (χ0v) is 21.4. The van der Waals surface area contributed by atoms with E-state index in [0.717, 1.165) is 6.07 Å². The summed E-state index contributed by atoms with van der Waals surface area (Å²) in [7, 11) is 0. The molecule has 2 aromatic rings. The summed E-state index contributed by atoms with van der Waals surface area (Å²) in [4.78, 5) is 34.7. The summed E-state index contributed by atoms with van der Waals surface area (Å²) in [6.45, 7) is 1.74. The van der Waals surface area contributed by atoms with Crippen LogP contribution < -0.4 is 5.32 Å². The van der Waals surface area contributed by atoms with E-state index in [1.807, 2.05) is 0 Å². The number of benzene rings is 1. The zero-order chi connectivity index (χ0) is 26.5. The highest BCUT2D eigenvalue weighted by atomic mass is 35.5. The fourth-order valence-corrected chi connectivity index (χ4v) is 5.15. The Morgan fingerprint density at radius 1 is 1.35 bits per heavy atom. The summed E-state index contributed by atoms with van der Waals surface area (Å²) in [5.41, 5.74) is 1.02. The molecule has 0 amide bonds. The van der Waals surface area contributed by atoms with Gasteiger partial charge in [-0.05, 0) is 19.1 Å². The number of thiazole rings is 1. The highest BCUT2D eigenvalue weighted by molar-refractivity contribution is 7.11. The Labute approximate surface area is 220 Å². The molecule has 2 N–H and O–H groups in total. The predicted molar refractivity (Wildman–Crippen MR) is 133 cm³/mol. The average molecular weight is 555 g/mol. The van der Waals surface area contributed by atoms with E-state index < -0.39 is 42.5 Å². The van der Waals surface area contributed by atoms with E-state index in [1.165, 1.54) is 23.5 Å². The van der Waals surface area contributed by atoms with Crippen LogP contribution in [0, 0.1) is 11.7 Å². The molecular weight excluding hydrogens is 530 g/mol. The molecule has 2 aliphatic heterocycles. The van der Waals surface area contributed by atoms with Gasteiger partial charge in [-0.1, -0.05) is 17.7 Å². The number of carbonyl (C=O) groups is 2. The van der Waals surface area contributed by atoms with E-state index in [9.17, 15) is 18.4 Å². The van der Waals surface area contributed by atoms with Gasteiger partial charge in [0.05, 0.1) is 18.8 Å². The first kappa shape index (κ1) is 27.1. The SMILES string of the molecule is CCOC(=O)C1=C(CN2CC(F)C(COCC(=O)O)C2)NC(c2nccs2)=NC1c1ccc(F)cc1Cl. The molecule has 198 valence electrons. The summed E-state index contributed by atoms with van der Waals surface area (Å²) in [6.07, 6.45) is 0.378. The second-order valence-corrected chi connectivity index (χ2v) is 9.80. The van der Waals surface area contributed by atoms with Crippen molar-refractivity contribution < 1.29 is 33.0 Å². The van der Waals surface area contributed by atoms with Gasteiger partial charge in [-0.25, -0.2) is 23.4 Å². The van der Waals surface area contributed by atoms with E-state index in [1.54, 1.807) is 23.4 Å². The number of likely N-dealkylation sites (tertiary alicyclic amines) is 1. The summed E-state index contributed by atoms with van der Waals surface area (Å²) in [5, 5.41) is 14.4. The number of halogens is 3. The maximum Gasteiger partial charge on any atom is 0.338 e. The van der Waals surface area contributed by atoms with Gasteiger partial charge in [0.25, 0.3) is 0 Å². The number of hydrogen-bond acceptors (Lipinski definition) is 9. The largest absolute Gasteiger partial charge is 0.480 e. The standard InChI is InChI=1S/C24H25ClF2N4O5S/c1-2-36-24(34)20-18(10-31-8-13(17(27)9-31)11-35-12-19(32)33)29-22(23-28-5-6-37-23)30-21(20)15-4-3-14(26)7-16(15)25/h3-7,13,17,21H,2,8-12H2,1H3,(H,29,30)(H,32,33). The first-order valence-electron chi connectivity index (χ1n) is 11.5. The van der Waals surface area contributed by atoms with Crippen molar-refractivity contribution in [1.82, 2.24) is 15.2 Å². The van der Waals surface area contributed by atoms with Gasteiger partial charge in [0.15, 0.2) is 10.8 Å². The third-order valence-corrected chi connectivity index (χ3v) is 7.00. The number of nitrogens with zero attached hydrogens (tertiary/aromatic N) is 3. The van der Waals surface area contributed by atoms with Crippen molar-refractivity contribution in [3.63, 3.8) is 0 Å². The van der Waals surface area contributed by atoms with Gasteiger partial charge in [0, 0.05) is 53.4 Å². The fourth-order valence-electron chi connectivity index (χ4n) is 4.29. The quantitative estimate of drug-likeness (QED) is 0.431. The third kappa shape index (κ3) is 6.50. The van der Waals surface area contributed by atoms with E-state index in [0.29, 0.717) is 22.1 Å². The number of nitrogens with one attached hydrogen (secondary N) is 1. The molecule has 3 atom stereocenters. The van der Waals surface area contributed by atoms with Crippen LogP contribution in [-0.2, 0) is 19.1 Å². The Hall–Kier alpha value is -2.93. The lowest BCUT2D eigenvalue weighted by Crippen LogP contribution is -2.39. The van der Waals surface area contributed by atoms with Gasteiger partial charge >= 0.3 is 11.9 Å². The summed E-state index contributed by atoms with van der Waals surface area (Å²) >= 11 is 7.71. The molecule has 1 saturated heterocycles. The van der Waals surface area contributed by atoms with Gasteiger partial charge < -0.3 is 19.9 Å². The van der Waals surface area contributed by atoms with Gasteiger partial charge in [-0.3, -0.25) is 9.89 Å². The van der Waals surface area contributed by atoms with Crippen LogP contribution in [0.3, 0.4) is 0 Å². The minimum absolute atomic E-state index is 0.0409. The van der Waals surface area contributed by atoms with Crippen LogP contribution in [0.15, 0.2) is 46.0 Å². The monoisotopic (exact) mass is 554 g/mol. The minimum Gasteiger partial charge on any atom is -0.480 e. The van der Waals surface area contributed by atoms with Crippen LogP contribution in [-0.4, -0.2) is 78.4 Å². The minimum atomic E-state index is -1.24. The van der Waals surface area contributed by atoms with Crippen LogP contribution in [0.2, 0.25) is 5.02 Å². The molecule has 0 spiro atoms. The first-order chi connectivity index (χ1) is 17.8. The second kappa shape index (κ2) is 12.1. The molecule has 2 aliphatic rings. The molecular formula is C24H25ClF2N4O5S. The highest BCUT2D eigenvalue weighted by Crippen LogP contribution is 2.37. The maximum atomic E-state index is 14.7. The Morgan fingerprint density at radius 2 is 2.16 bits per heavy atom. The lowest BCUT2D eigenvalue weighted by molar-refractivity contribution is -0.143. The average Bonchev–Trinajstić information content (AvgIpc) is 3.49. The van der Waals surface area contributed by atoms with Crippen molar-refractivity contribution in [3.05, 3.63) is 62.5 Å². The maximum absolute atomic E-state index is 14.7. The zero-order valence-electron chi connectivity index (χ0n) is 19.8. The van der Waals surface area contributed by atoms with Gasteiger partial charge in [-0.15, -0.1) is 11.3 Å². The molecule has 3 unspecified atom stereocenters. The third-order valence-electron chi connectivity index (χ3n) is 5.89. The first-order valence-corrected chi connectivity index (χ1v) is 12.8. The number of carbonyl (C=O) groups excluding carboxylic acids is 1. The van der Waals surface area contributed by atoms with Crippen molar-refractivity contribution in [2.75, 3.05) is 39.5 Å². The van der Waals surface area contributed by atoms with Crippen molar-refractivity contribution in [2.24, 2.45) is 10.9 Å². The molecule has 4 rings (SSSR count). The second-order valence-electron chi connectivity index (χ2n) is 8.50. The van der Waals surface area contributed by atoms with E-state index in [2.05, 4.69) is 10.3 Å². The molecule has 0 aliphatic carbocycles. The molecule has 0 radical (unpaired) electrons. The Kier molecular flexibility index (Phi) is 8.85. The molecule has 9 nitrogen and oxygen atoms in total. The number of rotatable bonds is 10.